The van der Waals surface area contributed by atoms with E-state index < -0.39 is 73.2 Å². The Bertz CT molecular complexity index is 1150. The maximum absolute atomic E-state index is 13.9. The molecule has 1 aliphatic rings. The standard InChI is InChI=1S/C22H24B2F2N2O8/c25-16-7-5-12(9-14(16)23(33)34)21(31)27-18-3-1-2-4-19(18)28(11-20(29)30)22(32)13-6-8-17(26)15(10-13)24(35)36/h5-10,18-19,33-36H,1-4,11H2,(H,27,31)(H,29,30)/t18-,19-/m0/s1. The van der Waals surface area contributed by atoms with Crippen molar-refractivity contribution in [2.75, 3.05) is 6.54 Å². The minimum Gasteiger partial charge on any atom is -0.480 e. The number of carboxylic acids is 1. The first-order valence-electron chi connectivity index (χ1n) is 11.1. The van der Waals surface area contributed by atoms with Gasteiger partial charge in [-0.1, -0.05) is 12.8 Å². The lowest BCUT2D eigenvalue weighted by molar-refractivity contribution is -0.138. The Morgan fingerprint density at radius 3 is 1.97 bits per heavy atom. The number of carbonyl (C=O) groups is 3. The van der Waals surface area contributed by atoms with Gasteiger partial charge in [0.05, 0.1) is 6.04 Å². The Morgan fingerprint density at radius 1 is 0.889 bits per heavy atom. The van der Waals surface area contributed by atoms with Crippen LogP contribution in [0.3, 0.4) is 0 Å². The number of carboxylic acid groups (broad SMARTS) is 1. The second-order valence-corrected chi connectivity index (χ2v) is 8.48. The summed E-state index contributed by atoms with van der Waals surface area (Å²) in [6.45, 7) is -0.734. The maximum atomic E-state index is 13.9. The molecule has 0 aromatic heterocycles. The van der Waals surface area contributed by atoms with Crippen LogP contribution in [-0.4, -0.2) is 80.8 Å². The highest BCUT2D eigenvalue weighted by molar-refractivity contribution is 6.59. The minimum atomic E-state index is -2.19. The van der Waals surface area contributed by atoms with Gasteiger partial charge in [0.15, 0.2) is 0 Å². The largest absolute Gasteiger partial charge is 0.491 e. The van der Waals surface area contributed by atoms with E-state index in [-0.39, 0.29) is 11.1 Å². The van der Waals surface area contributed by atoms with Gasteiger partial charge in [0.1, 0.15) is 18.2 Å². The smallest absolute Gasteiger partial charge is 0.480 e. The molecule has 36 heavy (non-hydrogen) atoms. The summed E-state index contributed by atoms with van der Waals surface area (Å²) in [6.07, 6.45) is 2.02. The first-order chi connectivity index (χ1) is 17.0. The Hall–Kier alpha value is -3.32. The van der Waals surface area contributed by atoms with Crippen LogP contribution in [0.25, 0.3) is 0 Å². The van der Waals surface area contributed by atoms with Gasteiger partial charge in [0, 0.05) is 28.1 Å². The van der Waals surface area contributed by atoms with Gasteiger partial charge in [-0.15, -0.1) is 0 Å². The molecule has 0 heterocycles. The van der Waals surface area contributed by atoms with Crippen molar-refractivity contribution in [2.24, 2.45) is 0 Å². The van der Waals surface area contributed by atoms with Crippen molar-refractivity contribution in [1.29, 1.82) is 0 Å². The molecule has 14 heteroatoms. The van der Waals surface area contributed by atoms with Crippen molar-refractivity contribution >= 4 is 42.9 Å². The molecule has 0 saturated heterocycles. The molecule has 0 unspecified atom stereocenters. The van der Waals surface area contributed by atoms with Crippen LogP contribution in [0.5, 0.6) is 0 Å². The van der Waals surface area contributed by atoms with Crippen LogP contribution in [0.1, 0.15) is 46.4 Å². The van der Waals surface area contributed by atoms with E-state index in [1.54, 1.807) is 0 Å². The van der Waals surface area contributed by atoms with Crippen LogP contribution >= 0.6 is 0 Å². The number of carbonyl (C=O) groups excluding carboxylic acids is 2. The molecule has 190 valence electrons. The molecule has 0 aliphatic heterocycles. The summed E-state index contributed by atoms with van der Waals surface area (Å²) in [6, 6.07) is 4.44. The molecule has 2 atom stereocenters. The summed E-state index contributed by atoms with van der Waals surface area (Å²) in [4.78, 5) is 38.8. The molecule has 3 rings (SSSR count). The molecule has 1 aliphatic carbocycles. The third-order valence-electron chi connectivity index (χ3n) is 6.07. The molecule has 0 bridgehead atoms. The van der Waals surface area contributed by atoms with Crippen molar-refractivity contribution in [3.8, 4) is 0 Å². The topological polar surface area (TPSA) is 168 Å². The average molecular weight is 504 g/mol. The van der Waals surface area contributed by atoms with Gasteiger partial charge < -0.3 is 35.4 Å². The number of halogens is 2. The Balaban J connectivity index is 1.90. The third-order valence-corrected chi connectivity index (χ3v) is 6.07. The normalized spacial score (nSPS) is 17.3. The Morgan fingerprint density at radius 2 is 1.42 bits per heavy atom. The lowest BCUT2D eigenvalue weighted by atomic mass is 9.79. The predicted molar refractivity (Wildman–Crippen MR) is 125 cm³/mol. The van der Waals surface area contributed by atoms with Crippen LogP contribution in [0, 0.1) is 11.6 Å². The predicted octanol–water partition coefficient (Wildman–Crippen LogP) is -1.41. The van der Waals surface area contributed by atoms with Gasteiger partial charge in [-0.05, 0) is 49.2 Å². The van der Waals surface area contributed by atoms with Crippen molar-refractivity contribution in [3.63, 3.8) is 0 Å². The summed E-state index contributed by atoms with van der Waals surface area (Å²) in [7, 11) is -4.33. The maximum Gasteiger partial charge on any atom is 0.491 e. The number of aliphatic carboxylic acids is 1. The second kappa shape index (κ2) is 11.6. The first-order valence-corrected chi connectivity index (χ1v) is 11.1. The molecule has 0 spiro atoms. The first kappa shape index (κ1) is 27.3. The quantitative estimate of drug-likeness (QED) is 0.239. The number of amides is 2. The third kappa shape index (κ3) is 6.26. The molecule has 2 amide bonds. The highest BCUT2D eigenvalue weighted by Gasteiger charge is 2.36. The van der Waals surface area contributed by atoms with Gasteiger partial charge in [-0.2, -0.15) is 0 Å². The number of hydrogen-bond donors (Lipinski definition) is 6. The van der Waals surface area contributed by atoms with Gasteiger partial charge in [-0.25, -0.2) is 8.78 Å². The summed E-state index contributed by atoms with van der Waals surface area (Å²) >= 11 is 0. The zero-order valence-corrected chi connectivity index (χ0v) is 19.0. The number of benzene rings is 2. The molecule has 6 N–H and O–H groups in total. The lowest BCUT2D eigenvalue weighted by Gasteiger charge is -2.39. The summed E-state index contributed by atoms with van der Waals surface area (Å²) < 4.78 is 27.7. The molecule has 1 saturated carbocycles. The van der Waals surface area contributed by atoms with Crippen molar-refractivity contribution in [2.45, 2.75) is 37.8 Å². The van der Waals surface area contributed by atoms with Crippen molar-refractivity contribution < 1.29 is 48.4 Å². The van der Waals surface area contributed by atoms with E-state index in [1.165, 1.54) is 0 Å². The van der Waals surface area contributed by atoms with Gasteiger partial charge in [0.25, 0.3) is 11.8 Å². The highest BCUT2D eigenvalue weighted by atomic mass is 19.1. The van der Waals surface area contributed by atoms with Gasteiger partial charge >= 0.3 is 20.2 Å². The van der Waals surface area contributed by atoms with Crippen LogP contribution in [0.2, 0.25) is 0 Å². The molecule has 1 fully saturated rings. The number of rotatable bonds is 8. The van der Waals surface area contributed by atoms with Crippen LogP contribution in [0.4, 0.5) is 8.78 Å². The number of nitrogens with one attached hydrogen (secondary N) is 1. The molecule has 2 aromatic carbocycles. The van der Waals surface area contributed by atoms with Gasteiger partial charge in [-0.3, -0.25) is 14.4 Å². The van der Waals surface area contributed by atoms with Crippen LogP contribution < -0.4 is 16.2 Å². The van der Waals surface area contributed by atoms with E-state index in [0.717, 1.165) is 41.3 Å². The second-order valence-electron chi connectivity index (χ2n) is 8.48. The SMILES string of the molecule is O=C(O)CN(C(=O)c1ccc(F)c(B(O)O)c1)[C@H]1CCCC[C@@H]1NC(=O)c1ccc(F)c(B(O)O)c1. The van der Waals surface area contributed by atoms with E-state index in [9.17, 15) is 48.4 Å². The fraction of sp³-hybridized carbons (Fsp3) is 0.318. The fourth-order valence-electron chi connectivity index (χ4n) is 4.31. The zero-order chi connectivity index (χ0) is 26.6. The monoisotopic (exact) mass is 504 g/mol. The summed E-state index contributed by atoms with van der Waals surface area (Å²) in [5.41, 5.74) is -1.29. The molecular weight excluding hydrogens is 480 g/mol. The van der Waals surface area contributed by atoms with Gasteiger partial charge in [0.2, 0.25) is 0 Å². The van der Waals surface area contributed by atoms with E-state index in [0.29, 0.717) is 25.7 Å². The lowest BCUT2D eigenvalue weighted by Crippen LogP contribution is -2.56. The van der Waals surface area contributed by atoms with E-state index in [4.69, 9.17) is 0 Å². The Kier molecular flexibility index (Phi) is 8.79. The van der Waals surface area contributed by atoms with Crippen LogP contribution in [-0.2, 0) is 4.79 Å². The van der Waals surface area contributed by atoms with E-state index >= 15 is 0 Å². The summed E-state index contributed by atoms with van der Waals surface area (Å²) in [5.74, 6) is -4.70. The molecule has 0 radical (unpaired) electrons. The molecule has 2 aromatic rings. The van der Waals surface area contributed by atoms with Crippen molar-refractivity contribution in [3.05, 3.63) is 59.2 Å². The molecule has 10 nitrogen and oxygen atoms in total. The van der Waals surface area contributed by atoms with E-state index in [1.807, 2.05) is 0 Å². The number of hydrogen-bond acceptors (Lipinski definition) is 7. The molecular formula is C22H24B2F2N2O8. The van der Waals surface area contributed by atoms with E-state index in [2.05, 4.69) is 5.32 Å². The van der Waals surface area contributed by atoms with Crippen molar-refractivity contribution in [1.82, 2.24) is 10.2 Å². The highest BCUT2D eigenvalue weighted by Crippen LogP contribution is 2.25. The summed E-state index contributed by atoms with van der Waals surface area (Å²) in [5, 5.41) is 49.5. The number of nitrogens with zero attached hydrogens (tertiary/aromatic N) is 1. The average Bonchev–Trinajstić information content (AvgIpc) is 2.82. The van der Waals surface area contributed by atoms with Crippen LogP contribution in [0.15, 0.2) is 36.4 Å². The Labute approximate surface area is 205 Å². The zero-order valence-electron chi connectivity index (χ0n) is 19.0. The minimum absolute atomic E-state index is 0.0694. The fourth-order valence-corrected chi connectivity index (χ4v) is 4.31.